The maximum Gasteiger partial charge on any atom is 0.307 e. The monoisotopic (exact) mass is 357 g/mol. The van der Waals surface area contributed by atoms with Gasteiger partial charge in [0.25, 0.3) is 0 Å². The highest BCUT2D eigenvalue weighted by molar-refractivity contribution is 5.71. The van der Waals surface area contributed by atoms with Gasteiger partial charge >= 0.3 is 5.97 Å². The topological polar surface area (TPSA) is 104 Å². The molecule has 1 unspecified atom stereocenters. The Balaban J connectivity index is 1.77. The van der Waals surface area contributed by atoms with Gasteiger partial charge < -0.3 is 10.4 Å². The summed E-state index contributed by atoms with van der Waals surface area (Å²) in [7, 11) is 0. The lowest BCUT2D eigenvalue weighted by atomic mass is 9.82. The molecule has 2 heterocycles. The maximum atomic E-state index is 11.9. The average molecular weight is 357 g/mol. The summed E-state index contributed by atoms with van der Waals surface area (Å²) in [5.41, 5.74) is 2.45. The molecule has 140 valence electrons. The van der Waals surface area contributed by atoms with Crippen LogP contribution in [0.5, 0.6) is 0 Å². The number of carbonyl (C=O) groups is 1. The molecule has 0 amide bonds. The summed E-state index contributed by atoms with van der Waals surface area (Å²) in [5, 5.41) is 27.4. The van der Waals surface area contributed by atoms with Gasteiger partial charge in [0, 0.05) is 12.5 Å². The van der Waals surface area contributed by atoms with Crippen molar-refractivity contribution < 1.29 is 9.90 Å². The van der Waals surface area contributed by atoms with Gasteiger partial charge in [0.1, 0.15) is 0 Å². The molecule has 0 aliphatic carbocycles. The van der Waals surface area contributed by atoms with Crippen molar-refractivity contribution >= 4 is 5.97 Å². The minimum Gasteiger partial charge on any atom is -0.481 e. The first-order chi connectivity index (χ1) is 12.7. The van der Waals surface area contributed by atoms with Crippen LogP contribution in [0.2, 0.25) is 0 Å². The van der Waals surface area contributed by atoms with Gasteiger partial charge in [-0.2, -0.15) is 5.21 Å². The molecule has 3 atom stereocenters. The van der Waals surface area contributed by atoms with E-state index in [1.54, 1.807) is 0 Å². The van der Waals surface area contributed by atoms with Gasteiger partial charge in [0.2, 0.25) is 0 Å². The van der Waals surface area contributed by atoms with Crippen molar-refractivity contribution in [3.63, 3.8) is 0 Å². The minimum atomic E-state index is -0.790. The van der Waals surface area contributed by atoms with E-state index in [2.05, 4.69) is 57.1 Å². The van der Waals surface area contributed by atoms with E-state index in [0.717, 1.165) is 31.5 Å². The summed E-state index contributed by atoms with van der Waals surface area (Å²) in [6, 6.07) is 8.56. The summed E-state index contributed by atoms with van der Waals surface area (Å²) >= 11 is 0. The first-order valence-electron chi connectivity index (χ1n) is 9.44. The van der Waals surface area contributed by atoms with Crippen molar-refractivity contribution in [2.75, 3.05) is 13.1 Å². The van der Waals surface area contributed by atoms with E-state index in [1.807, 2.05) is 0 Å². The van der Waals surface area contributed by atoms with Crippen molar-refractivity contribution in [3.8, 4) is 0 Å². The van der Waals surface area contributed by atoms with E-state index in [1.165, 1.54) is 12.0 Å². The van der Waals surface area contributed by atoms with Crippen molar-refractivity contribution in [1.82, 2.24) is 25.9 Å². The van der Waals surface area contributed by atoms with Gasteiger partial charge in [0.15, 0.2) is 5.82 Å². The molecule has 1 fully saturated rings. The highest BCUT2D eigenvalue weighted by Crippen LogP contribution is 2.31. The molecule has 1 aliphatic rings. The first-order valence-corrected chi connectivity index (χ1v) is 9.44. The quantitative estimate of drug-likeness (QED) is 0.637. The number of carboxylic acids is 1. The van der Waals surface area contributed by atoms with E-state index >= 15 is 0 Å². The Bertz CT molecular complexity index is 680. The van der Waals surface area contributed by atoms with Gasteiger partial charge in [-0.3, -0.25) is 4.79 Å². The second kappa shape index (κ2) is 8.89. The van der Waals surface area contributed by atoms with Crippen LogP contribution in [0.15, 0.2) is 24.3 Å². The Morgan fingerprint density at radius 2 is 2.15 bits per heavy atom. The Morgan fingerprint density at radius 1 is 1.35 bits per heavy atom. The predicted octanol–water partition coefficient (Wildman–Crippen LogP) is 2.49. The number of hydrogen-bond acceptors (Lipinski definition) is 5. The zero-order valence-electron chi connectivity index (χ0n) is 15.2. The number of hydrogen-bond donors (Lipinski definition) is 3. The lowest BCUT2D eigenvalue weighted by Crippen LogP contribution is -2.25. The summed E-state index contributed by atoms with van der Waals surface area (Å²) in [6.45, 7) is 4.17. The molecule has 3 rings (SSSR count). The van der Waals surface area contributed by atoms with Gasteiger partial charge in [-0.1, -0.05) is 49.2 Å². The molecule has 1 aromatic carbocycles. The van der Waals surface area contributed by atoms with Crippen molar-refractivity contribution in [2.24, 2.45) is 5.92 Å². The van der Waals surface area contributed by atoms with Crippen LogP contribution >= 0.6 is 0 Å². The summed E-state index contributed by atoms with van der Waals surface area (Å²) < 4.78 is 0. The van der Waals surface area contributed by atoms with Gasteiger partial charge in [-0.05, 0) is 42.9 Å². The van der Waals surface area contributed by atoms with Gasteiger partial charge in [0.05, 0.1) is 5.92 Å². The SMILES string of the molecule is CCCC[C@H](C(=O)O)[C@H](Cc1ccc(C2CCNC2)cc1)c1nn[nH]n1. The molecule has 7 nitrogen and oxygen atoms in total. The molecular weight excluding hydrogens is 330 g/mol. The number of nitrogens with one attached hydrogen (secondary N) is 2. The zero-order chi connectivity index (χ0) is 18.4. The third-order valence-electron chi connectivity index (χ3n) is 5.33. The number of rotatable bonds is 9. The molecule has 0 bridgehead atoms. The number of aromatic amines is 1. The molecule has 7 heteroatoms. The van der Waals surface area contributed by atoms with E-state index < -0.39 is 11.9 Å². The number of aromatic nitrogens is 4. The van der Waals surface area contributed by atoms with Crippen molar-refractivity contribution in [2.45, 2.75) is 50.9 Å². The maximum absolute atomic E-state index is 11.9. The number of nitrogens with zero attached hydrogens (tertiary/aromatic N) is 3. The lowest BCUT2D eigenvalue weighted by Gasteiger charge is -2.21. The van der Waals surface area contributed by atoms with E-state index in [0.29, 0.717) is 24.6 Å². The molecule has 3 N–H and O–H groups in total. The fourth-order valence-electron chi connectivity index (χ4n) is 3.78. The standard InChI is InChI=1S/C19H27N5O2/c1-2-3-4-16(19(25)26)17(18-21-23-24-22-18)11-13-5-7-14(8-6-13)15-9-10-20-12-15/h5-8,15-17,20H,2-4,9-12H2,1H3,(H,25,26)(H,21,22,23,24)/t15?,16-,17-/m0/s1. The Kier molecular flexibility index (Phi) is 6.33. The normalized spacial score (nSPS) is 19.3. The minimum absolute atomic E-state index is 0.281. The number of aliphatic carboxylic acids is 1. The third-order valence-corrected chi connectivity index (χ3v) is 5.33. The van der Waals surface area contributed by atoms with Crippen LogP contribution < -0.4 is 5.32 Å². The highest BCUT2D eigenvalue weighted by atomic mass is 16.4. The van der Waals surface area contributed by atoms with Gasteiger partial charge in [-0.25, -0.2) is 0 Å². The van der Waals surface area contributed by atoms with Crippen LogP contribution in [0.4, 0.5) is 0 Å². The molecule has 1 saturated heterocycles. The average Bonchev–Trinajstić information content (AvgIpc) is 3.35. The van der Waals surface area contributed by atoms with Crippen LogP contribution in [-0.4, -0.2) is 44.8 Å². The summed E-state index contributed by atoms with van der Waals surface area (Å²) in [6.07, 6.45) is 4.23. The smallest absolute Gasteiger partial charge is 0.307 e. The molecule has 1 aliphatic heterocycles. The number of tetrazole rings is 1. The first kappa shape index (κ1) is 18.5. The summed E-state index contributed by atoms with van der Waals surface area (Å²) in [5.74, 6) is -0.518. The molecule has 0 saturated carbocycles. The predicted molar refractivity (Wildman–Crippen MR) is 97.9 cm³/mol. The van der Waals surface area contributed by atoms with Crippen LogP contribution in [-0.2, 0) is 11.2 Å². The van der Waals surface area contributed by atoms with E-state index in [9.17, 15) is 9.90 Å². The van der Waals surface area contributed by atoms with Crippen LogP contribution in [0, 0.1) is 5.92 Å². The molecule has 2 aromatic rings. The van der Waals surface area contributed by atoms with Crippen LogP contribution in [0.25, 0.3) is 0 Å². The van der Waals surface area contributed by atoms with Crippen molar-refractivity contribution in [3.05, 3.63) is 41.2 Å². The second-order valence-corrected chi connectivity index (χ2v) is 7.10. The Labute approximate surface area is 153 Å². The van der Waals surface area contributed by atoms with Crippen LogP contribution in [0.3, 0.4) is 0 Å². The Hall–Kier alpha value is -2.28. The highest BCUT2D eigenvalue weighted by Gasteiger charge is 2.32. The molecule has 26 heavy (non-hydrogen) atoms. The van der Waals surface area contributed by atoms with Crippen molar-refractivity contribution in [1.29, 1.82) is 0 Å². The molecular formula is C19H27N5O2. The molecule has 0 spiro atoms. The Morgan fingerprint density at radius 3 is 2.73 bits per heavy atom. The van der Waals surface area contributed by atoms with E-state index in [-0.39, 0.29) is 5.92 Å². The van der Waals surface area contributed by atoms with Crippen LogP contribution in [0.1, 0.15) is 61.4 Å². The third kappa shape index (κ3) is 4.46. The number of unbranched alkanes of at least 4 members (excludes halogenated alkanes) is 1. The zero-order valence-corrected chi connectivity index (χ0v) is 15.2. The largest absolute Gasteiger partial charge is 0.481 e. The fraction of sp³-hybridized carbons (Fsp3) is 0.579. The van der Waals surface area contributed by atoms with Gasteiger partial charge in [-0.15, -0.1) is 10.2 Å². The second-order valence-electron chi connectivity index (χ2n) is 7.10. The summed E-state index contributed by atoms with van der Waals surface area (Å²) in [4.78, 5) is 11.9. The number of carboxylic acid groups (broad SMARTS) is 1. The lowest BCUT2D eigenvalue weighted by molar-refractivity contribution is -0.143. The fourth-order valence-corrected chi connectivity index (χ4v) is 3.78. The number of benzene rings is 1. The number of H-pyrrole nitrogens is 1. The van der Waals surface area contributed by atoms with E-state index in [4.69, 9.17) is 0 Å². The molecule has 1 aromatic heterocycles. The molecule has 0 radical (unpaired) electrons.